The largest absolute Gasteiger partial charge is 0.396 e. The summed E-state index contributed by atoms with van der Waals surface area (Å²) in [5.41, 5.74) is 1.12. The quantitative estimate of drug-likeness (QED) is 0.350. The molecule has 0 saturated heterocycles. The number of guanidine groups is 1. The number of nitrogens with one attached hydrogen (secondary N) is 2. The third-order valence-electron chi connectivity index (χ3n) is 3.61. The number of nitrogens with zero attached hydrogens (tertiary/aromatic N) is 1. The topological polar surface area (TPSA) is 65.9 Å². The van der Waals surface area contributed by atoms with Crippen molar-refractivity contribution in [2.24, 2.45) is 10.9 Å². The molecule has 0 aliphatic carbocycles. The van der Waals surface area contributed by atoms with Gasteiger partial charge >= 0.3 is 0 Å². The van der Waals surface area contributed by atoms with Crippen LogP contribution in [0.15, 0.2) is 35.3 Å². The average Bonchev–Trinajstić information content (AvgIpc) is 2.57. The molecule has 0 saturated carbocycles. The Kier molecular flexibility index (Phi) is 10.1. The summed E-state index contributed by atoms with van der Waals surface area (Å²) >= 11 is 0. The summed E-state index contributed by atoms with van der Waals surface area (Å²) in [4.78, 5) is 4.19. The van der Waals surface area contributed by atoms with Gasteiger partial charge in [-0.2, -0.15) is 0 Å². The van der Waals surface area contributed by atoms with Crippen molar-refractivity contribution >= 4 is 5.96 Å². The van der Waals surface area contributed by atoms with Gasteiger partial charge in [0.25, 0.3) is 0 Å². The third kappa shape index (κ3) is 8.57. The Morgan fingerprint density at radius 2 is 1.91 bits per heavy atom. The van der Waals surface area contributed by atoms with Crippen LogP contribution in [0.1, 0.15) is 31.7 Å². The number of benzene rings is 1. The molecule has 1 rings (SSSR count). The number of rotatable bonds is 10. The van der Waals surface area contributed by atoms with Gasteiger partial charge in [-0.05, 0) is 17.9 Å². The van der Waals surface area contributed by atoms with Crippen molar-refractivity contribution in [3.05, 3.63) is 35.9 Å². The standard InChI is InChI=1S/C18H31N3O2/c1-15(2)9-11-23-12-10-20-18(19-3)21-13-17(14-22)16-7-5-4-6-8-16/h4-8,15,17,22H,9-14H2,1-3H3,(H2,19,20,21). The molecule has 1 atom stereocenters. The molecule has 23 heavy (non-hydrogen) atoms. The maximum Gasteiger partial charge on any atom is 0.191 e. The smallest absolute Gasteiger partial charge is 0.191 e. The van der Waals surface area contributed by atoms with Gasteiger partial charge in [0, 0.05) is 32.7 Å². The highest BCUT2D eigenvalue weighted by Crippen LogP contribution is 2.13. The van der Waals surface area contributed by atoms with E-state index in [2.05, 4.69) is 29.5 Å². The second kappa shape index (κ2) is 11.9. The highest BCUT2D eigenvalue weighted by molar-refractivity contribution is 5.79. The first kappa shape index (κ1) is 19.5. The molecule has 0 amide bonds. The Balaban J connectivity index is 2.25. The highest BCUT2D eigenvalue weighted by atomic mass is 16.5. The van der Waals surface area contributed by atoms with Crippen molar-refractivity contribution in [3.63, 3.8) is 0 Å². The van der Waals surface area contributed by atoms with E-state index in [1.165, 1.54) is 0 Å². The zero-order chi connectivity index (χ0) is 16.9. The van der Waals surface area contributed by atoms with Crippen LogP contribution in [0.3, 0.4) is 0 Å². The van der Waals surface area contributed by atoms with Gasteiger partial charge in [0.2, 0.25) is 0 Å². The number of aliphatic imine (C=N–C) groups is 1. The Labute approximate surface area is 140 Å². The zero-order valence-electron chi connectivity index (χ0n) is 14.6. The summed E-state index contributed by atoms with van der Waals surface area (Å²) in [6, 6.07) is 10.0. The molecular weight excluding hydrogens is 290 g/mol. The van der Waals surface area contributed by atoms with Gasteiger partial charge in [0.1, 0.15) is 0 Å². The summed E-state index contributed by atoms with van der Waals surface area (Å²) in [7, 11) is 1.74. The lowest BCUT2D eigenvalue weighted by molar-refractivity contribution is 0.128. The second-order valence-electron chi connectivity index (χ2n) is 5.96. The molecule has 5 nitrogen and oxygen atoms in total. The van der Waals surface area contributed by atoms with Gasteiger partial charge < -0.3 is 20.5 Å². The van der Waals surface area contributed by atoms with E-state index in [4.69, 9.17) is 4.74 Å². The molecule has 130 valence electrons. The summed E-state index contributed by atoms with van der Waals surface area (Å²) < 4.78 is 5.57. The van der Waals surface area contributed by atoms with Gasteiger partial charge in [-0.25, -0.2) is 0 Å². The van der Waals surface area contributed by atoms with E-state index in [-0.39, 0.29) is 12.5 Å². The van der Waals surface area contributed by atoms with Gasteiger partial charge in [-0.1, -0.05) is 44.2 Å². The van der Waals surface area contributed by atoms with Crippen LogP contribution in [-0.2, 0) is 4.74 Å². The predicted octanol–water partition coefficient (Wildman–Crippen LogP) is 1.99. The zero-order valence-corrected chi connectivity index (χ0v) is 14.6. The van der Waals surface area contributed by atoms with Gasteiger partial charge in [0.05, 0.1) is 13.2 Å². The monoisotopic (exact) mass is 321 g/mol. The molecule has 0 bridgehead atoms. The molecule has 1 aromatic carbocycles. The normalized spacial score (nSPS) is 13.2. The molecule has 3 N–H and O–H groups in total. The van der Waals surface area contributed by atoms with Crippen LogP contribution in [0, 0.1) is 5.92 Å². The molecule has 0 fully saturated rings. The number of ether oxygens (including phenoxy) is 1. The maximum atomic E-state index is 9.56. The van der Waals surface area contributed by atoms with Crippen LogP contribution >= 0.6 is 0 Å². The molecule has 1 aromatic rings. The highest BCUT2D eigenvalue weighted by Gasteiger charge is 2.10. The first-order valence-corrected chi connectivity index (χ1v) is 8.35. The average molecular weight is 321 g/mol. The fourth-order valence-corrected chi connectivity index (χ4v) is 2.12. The number of aliphatic hydroxyl groups is 1. The Hall–Kier alpha value is -1.59. The molecule has 0 aliphatic heterocycles. The van der Waals surface area contributed by atoms with Crippen molar-refractivity contribution in [3.8, 4) is 0 Å². The van der Waals surface area contributed by atoms with Crippen molar-refractivity contribution < 1.29 is 9.84 Å². The molecule has 0 spiro atoms. The van der Waals surface area contributed by atoms with Gasteiger partial charge in [-0.15, -0.1) is 0 Å². The van der Waals surface area contributed by atoms with E-state index in [0.29, 0.717) is 25.6 Å². The summed E-state index contributed by atoms with van der Waals surface area (Å²) in [5.74, 6) is 1.45. The Morgan fingerprint density at radius 3 is 2.52 bits per heavy atom. The number of hydrogen-bond donors (Lipinski definition) is 3. The molecule has 5 heteroatoms. The molecule has 0 radical (unpaired) electrons. The fourth-order valence-electron chi connectivity index (χ4n) is 2.12. The first-order valence-electron chi connectivity index (χ1n) is 8.35. The van der Waals surface area contributed by atoms with E-state index in [0.717, 1.165) is 24.6 Å². The lowest BCUT2D eigenvalue weighted by atomic mass is 10.0. The van der Waals surface area contributed by atoms with E-state index in [1.807, 2.05) is 30.3 Å². The minimum absolute atomic E-state index is 0.0528. The summed E-state index contributed by atoms with van der Waals surface area (Å²) in [5, 5.41) is 16.0. The second-order valence-corrected chi connectivity index (χ2v) is 5.96. The van der Waals surface area contributed by atoms with E-state index in [9.17, 15) is 5.11 Å². The Bertz CT molecular complexity index is 435. The maximum absolute atomic E-state index is 9.56. The van der Waals surface area contributed by atoms with E-state index < -0.39 is 0 Å². The molecule has 0 heterocycles. The number of hydrogen-bond acceptors (Lipinski definition) is 3. The van der Waals surface area contributed by atoms with Crippen LogP contribution in [0.4, 0.5) is 0 Å². The SMILES string of the molecule is CN=C(NCCOCCC(C)C)NCC(CO)c1ccccc1. The first-order chi connectivity index (χ1) is 11.2. The molecular formula is C18H31N3O2. The lowest BCUT2D eigenvalue weighted by Gasteiger charge is -2.18. The van der Waals surface area contributed by atoms with E-state index in [1.54, 1.807) is 7.05 Å². The van der Waals surface area contributed by atoms with Crippen LogP contribution in [0.25, 0.3) is 0 Å². The van der Waals surface area contributed by atoms with Crippen LogP contribution < -0.4 is 10.6 Å². The van der Waals surface area contributed by atoms with Crippen LogP contribution in [-0.4, -0.2) is 51.0 Å². The van der Waals surface area contributed by atoms with Crippen molar-refractivity contribution in [2.45, 2.75) is 26.2 Å². The Morgan fingerprint density at radius 1 is 1.17 bits per heavy atom. The van der Waals surface area contributed by atoms with E-state index >= 15 is 0 Å². The van der Waals surface area contributed by atoms with Gasteiger partial charge in [0.15, 0.2) is 5.96 Å². The molecule has 0 aliphatic rings. The van der Waals surface area contributed by atoms with Crippen molar-refractivity contribution in [1.82, 2.24) is 10.6 Å². The minimum atomic E-state index is 0.0528. The molecule has 1 unspecified atom stereocenters. The van der Waals surface area contributed by atoms with Crippen molar-refractivity contribution in [1.29, 1.82) is 0 Å². The summed E-state index contributed by atoms with van der Waals surface area (Å²) in [6.45, 7) is 7.30. The van der Waals surface area contributed by atoms with Crippen LogP contribution in [0.5, 0.6) is 0 Å². The summed E-state index contributed by atoms with van der Waals surface area (Å²) in [6.07, 6.45) is 1.09. The lowest BCUT2D eigenvalue weighted by Crippen LogP contribution is -2.41. The van der Waals surface area contributed by atoms with Gasteiger partial charge in [-0.3, -0.25) is 4.99 Å². The minimum Gasteiger partial charge on any atom is -0.396 e. The van der Waals surface area contributed by atoms with Crippen LogP contribution in [0.2, 0.25) is 0 Å². The fraction of sp³-hybridized carbons (Fsp3) is 0.611. The molecule has 0 aromatic heterocycles. The number of aliphatic hydroxyl groups excluding tert-OH is 1. The van der Waals surface area contributed by atoms with Crippen molar-refractivity contribution in [2.75, 3.05) is 40.0 Å². The predicted molar refractivity (Wildman–Crippen MR) is 95.9 cm³/mol. The third-order valence-corrected chi connectivity index (χ3v) is 3.61.